The fourth-order valence-electron chi connectivity index (χ4n) is 2.07. The molecule has 0 spiro atoms. The first-order chi connectivity index (χ1) is 7.61. The van der Waals surface area contributed by atoms with Crippen molar-refractivity contribution in [1.82, 2.24) is 0 Å². The molecule has 0 saturated carbocycles. The normalized spacial score (nSPS) is 12.8. The summed E-state index contributed by atoms with van der Waals surface area (Å²) >= 11 is 0. The molecular weight excluding hydrogens is 198 g/mol. The van der Waals surface area contributed by atoms with Gasteiger partial charge in [-0.15, -0.1) is 0 Å². The first-order valence-corrected chi connectivity index (χ1v) is 5.48. The Bertz CT molecular complexity index is 456. The van der Waals surface area contributed by atoms with Crippen molar-refractivity contribution in [2.24, 2.45) is 0 Å². The predicted molar refractivity (Wildman–Crippen MR) is 68.9 cm³/mol. The van der Waals surface area contributed by atoms with Gasteiger partial charge in [0, 0.05) is 25.2 Å². The predicted octanol–water partition coefficient (Wildman–Crippen LogP) is 2.96. The van der Waals surface area contributed by atoms with Gasteiger partial charge in [-0.3, -0.25) is 0 Å². The Morgan fingerprint density at radius 1 is 1.00 bits per heavy atom. The van der Waals surface area contributed by atoms with Crippen LogP contribution < -0.4 is 4.90 Å². The van der Waals surface area contributed by atoms with Gasteiger partial charge in [0.05, 0.1) is 6.10 Å². The third-order valence-corrected chi connectivity index (χ3v) is 2.86. The van der Waals surface area contributed by atoms with E-state index in [1.165, 1.54) is 11.1 Å². The average molecular weight is 215 g/mol. The van der Waals surface area contributed by atoms with Crippen molar-refractivity contribution < 1.29 is 5.11 Å². The number of nitrogens with zero attached hydrogens (tertiary/aromatic N) is 1. The summed E-state index contributed by atoms with van der Waals surface area (Å²) < 4.78 is 0. The van der Waals surface area contributed by atoms with Crippen LogP contribution in [-0.4, -0.2) is 19.2 Å². The third-order valence-electron chi connectivity index (χ3n) is 2.86. The molecule has 2 rings (SSSR count). The number of aliphatic hydroxyl groups is 1. The minimum absolute atomic E-state index is 0.430. The molecule has 0 amide bonds. The molecule has 1 unspecified atom stereocenters. The summed E-state index contributed by atoms with van der Waals surface area (Å²) in [6.45, 7) is 1.80. The van der Waals surface area contributed by atoms with Crippen LogP contribution in [0.5, 0.6) is 0 Å². The summed E-state index contributed by atoms with van der Waals surface area (Å²) in [6.07, 6.45) is -0.430. The molecule has 1 N–H and O–H groups in total. The number of anilines is 1. The maximum atomic E-state index is 9.74. The van der Waals surface area contributed by atoms with Crippen LogP contribution in [0.15, 0.2) is 36.4 Å². The van der Waals surface area contributed by atoms with Gasteiger partial charge < -0.3 is 10.0 Å². The van der Waals surface area contributed by atoms with Gasteiger partial charge in [0.1, 0.15) is 0 Å². The zero-order valence-electron chi connectivity index (χ0n) is 9.94. The highest BCUT2D eigenvalue weighted by atomic mass is 16.3. The van der Waals surface area contributed by atoms with E-state index in [4.69, 9.17) is 0 Å². The van der Waals surface area contributed by atoms with Gasteiger partial charge in [-0.2, -0.15) is 0 Å². The first kappa shape index (κ1) is 11.0. The second-order valence-corrected chi connectivity index (χ2v) is 4.29. The molecule has 0 aliphatic carbocycles. The van der Waals surface area contributed by atoms with Crippen molar-refractivity contribution in [2.45, 2.75) is 13.0 Å². The van der Waals surface area contributed by atoms with Crippen molar-refractivity contribution in [3.05, 3.63) is 42.0 Å². The molecule has 0 saturated heterocycles. The van der Waals surface area contributed by atoms with Crippen LogP contribution in [0.4, 0.5) is 5.69 Å². The molecule has 2 heteroatoms. The Kier molecular flexibility index (Phi) is 2.84. The van der Waals surface area contributed by atoms with Crippen LogP contribution in [0.1, 0.15) is 18.6 Å². The van der Waals surface area contributed by atoms with Crippen LogP contribution in [0.25, 0.3) is 10.8 Å². The molecule has 0 aliphatic rings. The van der Waals surface area contributed by atoms with Gasteiger partial charge in [-0.25, -0.2) is 0 Å². The number of aliphatic hydroxyl groups excluding tert-OH is 1. The quantitative estimate of drug-likeness (QED) is 0.832. The number of hydrogen-bond acceptors (Lipinski definition) is 2. The van der Waals surface area contributed by atoms with Crippen LogP contribution in [0.3, 0.4) is 0 Å². The maximum Gasteiger partial charge on any atom is 0.0767 e. The Labute approximate surface area is 96.1 Å². The molecule has 2 nitrogen and oxygen atoms in total. The van der Waals surface area contributed by atoms with Crippen molar-refractivity contribution in [2.75, 3.05) is 19.0 Å². The van der Waals surface area contributed by atoms with E-state index in [0.29, 0.717) is 0 Å². The monoisotopic (exact) mass is 215 g/mol. The highest BCUT2D eigenvalue weighted by molar-refractivity contribution is 5.96. The highest BCUT2D eigenvalue weighted by Crippen LogP contribution is 2.30. The average Bonchev–Trinajstić information content (AvgIpc) is 2.27. The molecule has 0 fully saturated rings. The van der Waals surface area contributed by atoms with Gasteiger partial charge in [0.15, 0.2) is 0 Å². The lowest BCUT2D eigenvalue weighted by atomic mass is 10.00. The minimum atomic E-state index is -0.430. The van der Waals surface area contributed by atoms with Gasteiger partial charge in [0.2, 0.25) is 0 Å². The molecule has 0 heterocycles. The SMILES string of the molecule is CC(O)c1cccc2c(N(C)C)cccc12. The van der Waals surface area contributed by atoms with Crippen LogP contribution >= 0.6 is 0 Å². The highest BCUT2D eigenvalue weighted by Gasteiger charge is 2.08. The maximum absolute atomic E-state index is 9.74. The lowest BCUT2D eigenvalue weighted by Gasteiger charge is -2.17. The summed E-state index contributed by atoms with van der Waals surface area (Å²) in [5.41, 5.74) is 2.17. The number of fused-ring (bicyclic) bond motifs is 1. The molecule has 0 radical (unpaired) electrons. The molecule has 16 heavy (non-hydrogen) atoms. The molecule has 0 aromatic heterocycles. The summed E-state index contributed by atoms with van der Waals surface area (Å²) in [4.78, 5) is 2.09. The molecule has 0 aliphatic heterocycles. The van der Waals surface area contributed by atoms with E-state index in [9.17, 15) is 5.11 Å². The van der Waals surface area contributed by atoms with Crippen molar-refractivity contribution in [1.29, 1.82) is 0 Å². The van der Waals surface area contributed by atoms with Gasteiger partial charge >= 0.3 is 0 Å². The van der Waals surface area contributed by atoms with Gasteiger partial charge in [-0.05, 0) is 23.9 Å². The Balaban J connectivity index is 2.76. The van der Waals surface area contributed by atoms with Gasteiger partial charge in [-0.1, -0.05) is 30.3 Å². The van der Waals surface area contributed by atoms with Crippen LogP contribution in [0.2, 0.25) is 0 Å². The molecule has 1 atom stereocenters. The first-order valence-electron chi connectivity index (χ1n) is 5.48. The van der Waals surface area contributed by atoms with Crippen LogP contribution in [0, 0.1) is 0 Å². The summed E-state index contributed by atoms with van der Waals surface area (Å²) in [7, 11) is 4.06. The summed E-state index contributed by atoms with van der Waals surface area (Å²) in [5.74, 6) is 0. The van der Waals surface area contributed by atoms with Crippen LogP contribution in [-0.2, 0) is 0 Å². The van der Waals surface area contributed by atoms with Crippen molar-refractivity contribution >= 4 is 16.5 Å². The number of hydrogen-bond donors (Lipinski definition) is 1. The number of rotatable bonds is 2. The van der Waals surface area contributed by atoms with Crippen molar-refractivity contribution in [3.63, 3.8) is 0 Å². The Hall–Kier alpha value is -1.54. The summed E-state index contributed by atoms with van der Waals surface area (Å²) in [5, 5.41) is 12.1. The third kappa shape index (κ3) is 1.76. The topological polar surface area (TPSA) is 23.5 Å². The fraction of sp³-hybridized carbons (Fsp3) is 0.286. The molecule has 0 bridgehead atoms. The second-order valence-electron chi connectivity index (χ2n) is 4.29. The standard InChI is InChI=1S/C14H17NO/c1-10(16)11-6-4-8-13-12(11)7-5-9-14(13)15(2)3/h4-10,16H,1-3H3. The van der Waals surface area contributed by atoms with E-state index < -0.39 is 6.10 Å². The molecule has 84 valence electrons. The van der Waals surface area contributed by atoms with Gasteiger partial charge in [0.25, 0.3) is 0 Å². The Morgan fingerprint density at radius 2 is 1.62 bits per heavy atom. The lowest BCUT2D eigenvalue weighted by Crippen LogP contribution is -2.09. The van der Waals surface area contributed by atoms with E-state index in [-0.39, 0.29) is 0 Å². The zero-order valence-corrected chi connectivity index (χ0v) is 9.94. The molecule has 2 aromatic carbocycles. The molecular formula is C14H17NO. The van der Waals surface area contributed by atoms with E-state index >= 15 is 0 Å². The second kappa shape index (κ2) is 4.14. The fourth-order valence-corrected chi connectivity index (χ4v) is 2.07. The van der Waals surface area contributed by atoms with E-state index in [1.807, 2.05) is 32.3 Å². The van der Waals surface area contributed by atoms with E-state index in [1.54, 1.807) is 6.92 Å². The zero-order chi connectivity index (χ0) is 11.7. The lowest BCUT2D eigenvalue weighted by molar-refractivity contribution is 0.201. The van der Waals surface area contributed by atoms with E-state index in [0.717, 1.165) is 10.9 Å². The largest absolute Gasteiger partial charge is 0.389 e. The van der Waals surface area contributed by atoms with Crippen molar-refractivity contribution in [3.8, 4) is 0 Å². The van der Waals surface area contributed by atoms with E-state index in [2.05, 4.69) is 23.1 Å². The number of benzene rings is 2. The minimum Gasteiger partial charge on any atom is -0.389 e. The molecule has 2 aromatic rings. The Morgan fingerprint density at radius 3 is 2.25 bits per heavy atom. The smallest absolute Gasteiger partial charge is 0.0767 e. The summed E-state index contributed by atoms with van der Waals surface area (Å²) in [6, 6.07) is 12.3.